The van der Waals surface area contributed by atoms with Gasteiger partial charge in [0.05, 0.1) is 0 Å². The van der Waals surface area contributed by atoms with Crippen LogP contribution in [0, 0.1) is 5.92 Å². The molecule has 0 aromatic heterocycles. The molecule has 0 aromatic rings. The third-order valence-electron chi connectivity index (χ3n) is 2.41. The summed E-state index contributed by atoms with van der Waals surface area (Å²) >= 11 is 0. The maximum absolute atomic E-state index is 2.34. The van der Waals surface area contributed by atoms with Gasteiger partial charge in [-0.1, -0.05) is 50.5 Å². The van der Waals surface area contributed by atoms with Crippen LogP contribution in [0.1, 0.15) is 39.5 Å². The lowest BCUT2D eigenvalue weighted by Gasteiger charge is -2.10. The van der Waals surface area contributed by atoms with E-state index in [1.807, 2.05) is 0 Å². The van der Waals surface area contributed by atoms with Crippen LogP contribution in [0.5, 0.6) is 0 Å². The van der Waals surface area contributed by atoms with Gasteiger partial charge in [-0.3, -0.25) is 0 Å². The van der Waals surface area contributed by atoms with E-state index in [-0.39, 0.29) is 0 Å². The lowest BCUT2D eigenvalue weighted by Crippen LogP contribution is -1.96. The summed E-state index contributed by atoms with van der Waals surface area (Å²) in [6.45, 7) is 4.51. The fourth-order valence-electron chi connectivity index (χ4n) is 1.65. The van der Waals surface area contributed by atoms with Crippen LogP contribution in [-0.2, 0) is 0 Å². The van der Waals surface area contributed by atoms with E-state index in [9.17, 15) is 0 Å². The molecule has 0 aliphatic heterocycles. The maximum Gasteiger partial charge on any atom is -0.00172 e. The predicted octanol–water partition coefficient (Wildman–Crippen LogP) is 3.70. The molecule has 0 saturated carbocycles. The first-order chi connectivity index (χ1) is 5.38. The quantitative estimate of drug-likeness (QED) is 0.573. The third-order valence-corrected chi connectivity index (χ3v) is 2.41. The first-order valence-electron chi connectivity index (χ1n) is 4.75. The van der Waals surface area contributed by atoms with Gasteiger partial charge in [-0.05, 0) is 18.8 Å². The van der Waals surface area contributed by atoms with Crippen molar-refractivity contribution in [2.24, 2.45) is 5.92 Å². The minimum absolute atomic E-state index is 0.778. The van der Waals surface area contributed by atoms with Gasteiger partial charge >= 0.3 is 0 Å². The van der Waals surface area contributed by atoms with Crippen molar-refractivity contribution in [2.75, 3.05) is 0 Å². The second-order valence-electron chi connectivity index (χ2n) is 3.23. The molecule has 0 aromatic carbocycles. The molecule has 0 radical (unpaired) electrons. The SMILES string of the molecule is CCCCC1C=CC=C1CC. The van der Waals surface area contributed by atoms with Gasteiger partial charge in [0.15, 0.2) is 0 Å². The van der Waals surface area contributed by atoms with Crippen molar-refractivity contribution in [1.29, 1.82) is 0 Å². The monoisotopic (exact) mass is 150 g/mol. The van der Waals surface area contributed by atoms with E-state index in [1.54, 1.807) is 5.57 Å². The van der Waals surface area contributed by atoms with Crippen LogP contribution in [0.25, 0.3) is 0 Å². The summed E-state index contributed by atoms with van der Waals surface area (Å²) in [5.41, 5.74) is 1.62. The van der Waals surface area contributed by atoms with Gasteiger partial charge in [0, 0.05) is 0 Å². The van der Waals surface area contributed by atoms with Crippen molar-refractivity contribution in [3.8, 4) is 0 Å². The summed E-state index contributed by atoms with van der Waals surface area (Å²) in [6, 6.07) is 0. The van der Waals surface area contributed by atoms with E-state index in [2.05, 4.69) is 32.1 Å². The van der Waals surface area contributed by atoms with E-state index in [1.165, 1.54) is 25.7 Å². The Hall–Kier alpha value is -0.520. The minimum Gasteiger partial charge on any atom is -0.0773 e. The summed E-state index contributed by atoms with van der Waals surface area (Å²) in [4.78, 5) is 0. The fraction of sp³-hybridized carbons (Fsp3) is 0.636. The summed E-state index contributed by atoms with van der Waals surface area (Å²) in [5, 5.41) is 0. The lowest BCUT2D eigenvalue weighted by atomic mass is 9.95. The Labute approximate surface area is 70.0 Å². The van der Waals surface area contributed by atoms with Gasteiger partial charge in [-0.25, -0.2) is 0 Å². The molecule has 0 amide bonds. The Morgan fingerprint density at radius 1 is 1.36 bits per heavy atom. The Bertz CT molecular complexity index is 163. The van der Waals surface area contributed by atoms with Crippen LogP contribution in [0.15, 0.2) is 23.8 Å². The van der Waals surface area contributed by atoms with Crippen LogP contribution in [0.2, 0.25) is 0 Å². The van der Waals surface area contributed by atoms with Crippen LogP contribution >= 0.6 is 0 Å². The largest absolute Gasteiger partial charge is 0.0773 e. The number of hydrogen-bond donors (Lipinski definition) is 0. The van der Waals surface area contributed by atoms with Crippen LogP contribution < -0.4 is 0 Å². The number of unbranched alkanes of at least 4 members (excludes halogenated alkanes) is 1. The zero-order valence-electron chi connectivity index (χ0n) is 7.64. The molecule has 0 nitrogen and oxygen atoms in total. The molecule has 1 unspecified atom stereocenters. The van der Waals surface area contributed by atoms with Gasteiger partial charge in [0.1, 0.15) is 0 Å². The predicted molar refractivity (Wildman–Crippen MR) is 50.5 cm³/mol. The third kappa shape index (κ3) is 2.21. The summed E-state index contributed by atoms with van der Waals surface area (Å²) < 4.78 is 0. The van der Waals surface area contributed by atoms with E-state index in [0.717, 1.165) is 5.92 Å². The number of hydrogen-bond acceptors (Lipinski definition) is 0. The average Bonchev–Trinajstić information content (AvgIpc) is 2.47. The second-order valence-corrected chi connectivity index (χ2v) is 3.23. The van der Waals surface area contributed by atoms with Gasteiger partial charge in [0.2, 0.25) is 0 Å². The summed E-state index contributed by atoms with van der Waals surface area (Å²) in [5.74, 6) is 0.778. The van der Waals surface area contributed by atoms with Crippen LogP contribution in [-0.4, -0.2) is 0 Å². The number of allylic oxidation sites excluding steroid dienone is 4. The maximum atomic E-state index is 2.34. The molecule has 1 rings (SSSR count). The summed E-state index contributed by atoms with van der Waals surface area (Å²) in [6.07, 6.45) is 12.1. The number of rotatable bonds is 4. The van der Waals surface area contributed by atoms with Crippen molar-refractivity contribution < 1.29 is 0 Å². The average molecular weight is 150 g/mol. The molecule has 0 bridgehead atoms. The highest BCUT2D eigenvalue weighted by molar-refractivity contribution is 5.26. The van der Waals surface area contributed by atoms with Crippen LogP contribution in [0.4, 0.5) is 0 Å². The van der Waals surface area contributed by atoms with Gasteiger partial charge in [0.25, 0.3) is 0 Å². The zero-order chi connectivity index (χ0) is 8.10. The molecule has 0 N–H and O–H groups in total. The minimum atomic E-state index is 0.778. The summed E-state index contributed by atoms with van der Waals surface area (Å²) in [7, 11) is 0. The molecular weight excluding hydrogens is 132 g/mol. The molecule has 11 heavy (non-hydrogen) atoms. The van der Waals surface area contributed by atoms with Crippen LogP contribution in [0.3, 0.4) is 0 Å². The van der Waals surface area contributed by atoms with Crippen molar-refractivity contribution in [3.05, 3.63) is 23.8 Å². The smallest absolute Gasteiger partial charge is 0.00172 e. The van der Waals surface area contributed by atoms with Gasteiger partial charge in [-0.2, -0.15) is 0 Å². The Kier molecular flexibility index (Phi) is 3.41. The van der Waals surface area contributed by atoms with E-state index < -0.39 is 0 Å². The van der Waals surface area contributed by atoms with E-state index in [0.29, 0.717) is 0 Å². The Morgan fingerprint density at radius 3 is 2.82 bits per heavy atom. The topological polar surface area (TPSA) is 0 Å². The van der Waals surface area contributed by atoms with Crippen molar-refractivity contribution in [1.82, 2.24) is 0 Å². The normalized spacial score (nSPS) is 22.4. The molecule has 0 heterocycles. The highest BCUT2D eigenvalue weighted by Gasteiger charge is 2.11. The Balaban J connectivity index is 2.34. The molecule has 62 valence electrons. The zero-order valence-corrected chi connectivity index (χ0v) is 7.64. The molecule has 0 spiro atoms. The molecule has 0 heteroatoms. The van der Waals surface area contributed by atoms with Crippen molar-refractivity contribution in [2.45, 2.75) is 39.5 Å². The molecule has 1 atom stereocenters. The van der Waals surface area contributed by atoms with Crippen molar-refractivity contribution >= 4 is 0 Å². The van der Waals surface area contributed by atoms with Gasteiger partial charge in [-0.15, -0.1) is 0 Å². The van der Waals surface area contributed by atoms with E-state index >= 15 is 0 Å². The second kappa shape index (κ2) is 4.38. The molecule has 0 saturated heterocycles. The molecular formula is C11H18. The van der Waals surface area contributed by atoms with Crippen molar-refractivity contribution in [3.63, 3.8) is 0 Å². The molecule has 1 aliphatic carbocycles. The fourth-order valence-corrected chi connectivity index (χ4v) is 1.65. The highest BCUT2D eigenvalue weighted by Crippen LogP contribution is 2.26. The highest BCUT2D eigenvalue weighted by atomic mass is 14.2. The van der Waals surface area contributed by atoms with Gasteiger partial charge < -0.3 is 0 Å². The van der Waals surface area contributed by atoms with E-state index in [4.69, 9.17) is 0 Å². The Morgan fingerprint density at radius 2 is 2.18 bits per heavy atom. The lowest BCUT2D eigenvalue weighted by molar-refractivity contribution is 0.612. The first-order valence-corrected chi connectivity index (χ1v) is 4.75. The standard InChI is InChI=1S/C11H18/c1-3-5-7-11-9-6-8-10(11)4-2/h6,8-9,11H,3-5,7H2,1-2H3. The first kappa shape index (κ1) is 8.58. The molecule has 0 fully saturated rings. The molecule has 1 aliphatic rings.